The third-order valence-corrected chi connectivity index (χ3v) is 3.33. The van der Waals surface area contributed by atoms with Crippen molar-refractivity contribution >= 4 is 40.8 Å². The molecule has 0 saturated heterocycles. The van der Waals surface area contributed by atoms with Gasteiger partial charge in [0.2, 0.25) is 5.95 Å². The monoisotopic (exact) mass is 322 g/mol. The van der Waals surface area contributed by atoms with Crippen LogP contribution in [0.5, 0.6) is 0 Å². The Labute approximate surface area is 128 Å². The van der Waals surface area contributed by atoms with Crippen LogP contribution in [-0.2, 0) is 0 Å². The molecule has 0 atom stereocenters. The molecular formula is C13H8Cl2N4O2. The number of halogens is 2. The van der Waals surface area contributed by atoms with E-state index in [1.165, 1.54) is 16.8 Å². The van der Waals surface area contributed by atoms with E-state index in [0.717, 1.165) is 0 Å². The van der Waals surface area contributed by atoms with Crippen molar-refractivity contribution in [3.05, 3.63) is 46.1 Å². The van der Waals surface area contributed by atoms with Crippen LogP contribution in [0.2, 0.25) is 10.0 Å². The van der Waals surface area contributed by atoms with E-state index >= 15 is 0 Å². The van der Waals surface area contributed by atoms with E-state index < -0.39 is 5.97 Å². The average molecular weight is 323 g/mol. The second kappa shape index (κ2) is 4.91. The highest BCUT2D eigenvalue weighted by molar-refractivity contribution is 6.35. The molecule has 8 heteroatoms. The Morgan fingerprint density at radius 1 is 1.19 bits per heavy atom. The van der Waals surface area contributed by atoms with Crippen molar-refractivity contribution in [1.82, 2.24) is 14.6 Å². The van der Waals surface area contributed by atoms with Crippen LogP contribution in [0.25, 0.3) is 16.8 Å². The van der Waals surface area contributed by atoms with Crippen molar-refractivity contribution < 1.29 is 9.90 Å². The number of aromatic carboxylic acids is 1. The summed E-state index contributed by atoms with van der Waals surface area (Å²) < 4.78 is 1.41. The second-order valence-corrected chi connectivity index (χ2v) is 5.21. The van der Waals surface area contributed by atoms with Crippen LogP contribution in [-0.4, -0.2) is 25.7 Å². The predicted molar refractivity (Wildman–Crippen MR) is 79.8 cm³/mol. The van der Waals surface area contributed by atoms with E-state index in [1.54, 1.807) is 18.2 Å². The molecule has 2 aromatic heterocycles. The molecular weight excluding hydrogens is 315 g/mol. The lowest BCUT2D eigenvalue weighted by atomic mass is 10.0. The summed E-state index contributed by atoms with van der Waals surface area (Å²) in [5.41, 5.74) is 6.92. The molecule has 0 aliphatic heterocycles. The Balaban J connectivity index is 2.33. The Morgan fingerprint density at radius 3 is 2.48 bits per heavy atom. The number of hydrogen-bond acceptors (Lipinski definition) is 4. The molecule has 1 aromatic carbocycles. The van der Waals surface area contributed by atoms with Gasteiger partial charge in [-0.15, -0.1) is 5.10 Å². The van der Waals surface area contributed by atoms with Gasteiger partial charge in [-0.1, -0.05) is 23.2 Å². The van der Waals surface area contributed by atoms with E-state index in [9.17, 15) is 9.90 Å². The molecule has 3 aromatic rings. The number of hydrogen-bond donors (Lipinski definition) is 2. The van der Waals surface area contributed by atoms with Crippen molar-refractivity contribution in [2.24, 2.45) is 0 Å². The quantitative estimate of drug-likeness (QED) is 0.756. The molecule has 6 nitrogen and oxygen atoms in total. The SMILES string of the molecule is Nc1nc2cc(C(=O)O)c(-c3cc(Cl)cc(Cl)c3)cn2n1. The number of carboxylic acids is 1. The lowest BCUT2D eigenvalue weighted by Crippen LogP contribution is -2.02. The molecule has 3 rings (SSSR count). The van der Waals surface area contributed by atoms with Crippen molar-refractivity contribution in [1.29, 1.82) is 0 Å². The van der Waals surface area contributed by atoms with Crippen LogP contribution in [0.15, 0.2) is 30.5 Å². The van der Waals surface area contributed by atoms with Crippen LogP contribution in [0, 0.1) is 0 Å². The molecule has 0 amide bonds. The summed E-state index contributed by atoms with van der Waals surface area (Å²) in [6.07, 6.45) is 1.53. The molecule has 0 saturated carbocycles. The molecule has 3 N–H and O–H groups in total. The first-order valence-corrected chi connectivity index (χ1v) is 6.55. The first-order valence-electron chi connectivity index (χ1n) is 5.80. The number of carbonyl (C=O) groups is 1. The summed E-state index contributed by atoms with van der Waals surface area (Å²) in [6, 6.07) is 6.22. The largest absolute Gasteiger partial charge is 0.478 e. The Hall–Kier alpha value is -2.31. The number of aromatic nitrogens is 3. The molecule has 0 fully saturated rings. The fourth-order valence-electron chi connectivity index (χ4n) is 2.06. The van der Waals surface area contributed by atoms with Gasteiger partial charge in [0, 0.05) is 21.8 Å². The Kier molecular flexibility index (Phi) is 3.19. The van der Waals surface area contributed by atoms with Gasteiger partial charge in [-0.05, 0) is 29.8 Å². The number of nitrogens with zero attached hydrogens (tertiary/aromatic N) is 3. The maximum Gasteiger partial charge on any atom is 0.336 e. The van der Waals surface area contributed by atoms with Gasteiger partial charge in [0.15, 0.2) is 5.65 Å². The van der Waals surface area contributed by atoms with Crippen LogP contribution in [0.3, 0.4) is 0 Å². The van der Waals surface area contributed by atoms with E-state index in [1.807, 2.05) is 0 Å². The normalized spacial score (nSPS) is 11.0. The predicted octanol–water partition coefficient (Wildman–Crippen LogP) is 2.98. The number of carboxylic acid groups (broad SMARTS) is 1. The zero-order valence-corrected chi connectivity index (χ0v) is 11.9. The van der Waals surface area contributed by atoms with Crippen LogP contribution < -0.4 is 5.73 Å². The number of anilines is 1. The minimum absolute atomic E-state index is 0.0626. The highest BCUT2D eigenvalue weighted by Gasteiger charge is 2.16. The minimum atomic E-state index is -1.09. The van der Waals surface area contributed by atoms with Gasteiger partial charge in [0.1, 0.15) is 0 Å². The molecule has 0 unspecified atom stereocenters. The zero-order chi connectivity index (χ0) is 15.1. The van der Waals surface area contributed by atoms with Crippen molar-refractivity contribution in [3.8, 4) is 11.1 Å². The summed E-state index contributed by atoms with van der Waals surface area (Å²) >= 11 is 11.9. The highest BCUT2D eigenvalue weighted by atomic mass is 35.5. The number of pyridine rings is 1. The highest BCUT2D eigenvalue weighted by Crippen LogP contribution is 2.30. The maximum atomic E-state index is 11.5. The number of fused-ring (bicyclic) bond motifs is 1. The smallest absolute Gasteiger partial charge is 0.336 e. The van der Waals surface area contributed by atoms with Gasteiger partial charge >= 0.3 is 5.97 Å². The standard InChI is InChI=1S/C13H8Cl2N4O2/c14-7-1-6(2-8(15)3-7)10-5-19-11(17-13(16)18-19)4-9(10)12(20)21/h1-5H,(H2,16,18)(H,20,21). The molecule has 0 aliphatic rings. The molecule has 0 spiro atoms. The van der Waals surface area contributed by atoms with E-state index in [2.05, 4.69) is 10.1 Å². The fourth-order valence-corrected chi connectivity index (χ4v) is 2.59. The van der Waals surface area contributed by atoms with Gasteiger partial charge in [0.05, 0.1) is 5.56 Å². The van der Waals surface area contributed by atoms with Gasteiger partial charge < -0.3 is 10.8 Å². The maximum absolute atomic E-state index is 11.5. The third-order valence-electron chi connectivity index (χ3n) is 2.89. The van der Waals surface area contributed by atoms with Crippen LogP contribution in [0.4, 0.5) is 5.95 Å². The van der Waals surface area contributed by atoms with Crippen molar-refractivity contribution in [2.45, 2.75) is 0 Å². The van der Waals surface area contributed by atoms with E-state index in [4.69, 9.17) is 28.9 Å². The van der Waals surface area contributed by atoms with Gasteiger partial charge in [0.25, 0.3) is 0 Å². The van der Waals surface area contributed by atoms with Crippen LogP contribution in [0.1, 0.15) is 10.4 Å². The molecule has 2 heterocycles. The molecule has 0 radical (unpaired) electrons. The lowest BCUT2D eigenvalue weighted by molar-refractivity contribution is 0.0697. The summed E-state index contributed by atoms with van der Waals surface area (Å²) in [5, 5.41) is 14.2. The summed E-state index contributed by atoms with van der Waals surface area (Å²) in [7, 11) is 0. The van der Waals surface area contributed by atoms with Crippen molar-refractivity contribution in [3.63, 3.8) is 0 Å². The third kappa shape index (κ3) is 2.51. The number of benzene rings is 1. The Morgan fingerprint density at radius 2 is 1.86 bits per heavy atom. The lowest BCUT2D eigenvalue weighted by Gasteiger charge is -2.08. The number of rotatable bonds is 2. The first-order chi connectivity index (χ1) is 9.94. The zero-order valence-electron chi connectivity index (χ0n) is 10.4. The van der Waals surface area contributed by atoms with Crippen LogP contribution >= 0.6 is 23.2 Å². The van der Waals surface area contributed by atoms with Gasteiger partial charge in [-0.3, -0.25) is 0 Å². The first kappa shape index (κ1) is 13.7. The number of nitrogen functional groups attached to an aromatic ring is 1. The molecule has 106 valence electrons. The van der Waals surface area contributed by atoms with Gasteiger partial charge in [-0.2, -0.15) is 4.98 Å². The minimum Gasteiger partial charge on any atom is -0.478 e. The average Bonchev–Trinajstić information content (AvgIpc) is 2.75. The summed E-state index contributed by atoms with van der Waals surface area (Å²) in [5.74, 6) is -1.03. The number of nitrogens with two attached hydrogens (primary N) is 1. The van der Waals surface area contributed by atoms with Gasteiger partial charge in [-0.25, -0.2) is 9.31 Å². The summed E-state index contributed by atoms with van der Waals surface area (Å²) in [4.78, 5) is 15.4. The summed E-state index contributed by atoms with van der Waals surface area (Å²) in [6.45, 7) is 0. The topological polar surface area (TPSA) is 93.5 Å². The molecule has 21 heavy (non-hydrogen) atoms. The molecule has 0 bridgehead atoms. The van der Waals surface area contributed by atoms with Crippen molar-refractivity contribution in [2.75, 3.05) is 5.73 Å². The van der Waals surface area contributed by atoms with E-state index in [0.29, 0.717) is 26.8 Å². The second-order valence-electron chi connectivity index (χ2n) is 4.34. The molecule has 0 aliphatic carbocycles. The van der Waals surface area contributed by atoms with E-state index in [-0.39, 0.29) is 11.5 Å². The fraction of sp³-hybridized carbons (Fsp3) is 0. The Bertz CT molecular complexity index is 856.